The van der Waals surface area contributed by atoms with Crippen molar-refractivity contribution in [2.75, 3.05) is 23.9 Å². The number of carbonyl (C=O) groups is 2. The van der Waals surface area contributed by atoms with Crippen molar-refractivity contribution in [3.8, 4) is 0 Å². The lowest BCUT2D eigenvalue weighted by Gasteiger charge is -2.30. The molecule has 1 aromatic carbocycles. The number of nitrogens with one attached hydrogen (secondary N) is 1. The molecule has 0 saturated carbocycles. The highest BCUT2D eigenvalue weighted by Gasteiger charge is 2.27. The predicted octanol–water partition coefficient (Wildman–Crippen LogP) is 1.77. The molecule has 2 amide bonds. The van der Waals surface area contributed by atoms with E-state index in [1.165, 1.54) is 16.3 Å². The first-order valence-electron chi connectivity index (χ1n) is 9.59. The number of hydrogen-bond donors (Lipinski definition) is 1. The molecular weight excluding hydrogens is 402 g/mol. The Hall–Kier alpha value is -3.07. The van der Waals surface area contributed by atoms with Gasteiger partial charge in [0.15, 0.2) is 0 Å². The average Bonchev–Trinajstić information content (AvgIpc) is 3.09. The third-order valence-electron chi connectivity index (χ3n) is 5.40. The van der Waals surface area contributed by atoms with Crippen molar-refractivity contribution in [3.63, 3.8) is 0 Å². The second-order valence-electron chi connectivity index (χ2n) is 7.44. The topological polar surface area (TPSA) is 89.2 Å². The van der Waals surface area contributed by atoms with Crippen LogP contribution in [-0.4, -0.2) is 49.4 Å². The van der Waals surface area contributed by atoms with Crippen molar-refractivity contribution in [3.05, 3.63) is 57.8 Å². The molecule has 0 aliphatic carbocycles. The highest BCUT2D eigenvalue weighted by molar-refractivity contribution is 7.99. The Kier molecular flexibility index (Phi) is 5.38. The third-order valence-corrected chi connectivity index (χ3v) is 5.93. The van der Waals surface area contributed by atoms with Crippen LogP contribution in [0.4, 0.5) is 5.69 Å². The molecule has 4 rings (SSSR count). The second kappa shape index (κ2) is 7.98. The van der Waals surface area contributed by atoms with Crippen molar-refractivity contribution in [2.24, 2.45) is 14.1 Å². The number of thioether (sulfide) groups is 1. The Bertz CT molecular complexity index is 1210. The average molecular weight is 426 g/mol. The molecule has 1 N–H and O–H groups in total. The van der Waals surface area contributed by atoms with E-state index in [-0.39, 0.29) is 17.0 Å². The van der Waals surface area contributed by atoms with E-state index in [9.17, 15) is 14.4 Å². The molecule has 8 nitrogen and oxygen atoms in total. The van der Waals surface area contributed by atoms with E-state index in [0.29, 0.717) is 31.0 Å². The Morgan fingerprint density at radius 2 is 2.03 bits per heavy atom. The summed E-state index contributed by atoms with van der Waals surface area (Å²) in [4.78, 5) is 44.3. The van der Waals surface area contributed by atoms with Gasteiger partial charge in [0.2, 0.25) is 5.91 Å². The van der Waals surface area contributed by atoms with Gasteiger partial charge in [0, 0.05) is 39.1 Å². The summed E-state index contributed by atoms with van der Waals surface area (Å²) in [5.74, 6) is 0.0561. The van der Waals surface area contributed by atoms with Crippen LogP contribution in [0.2, 0.25) is 0 Å². The quantitative estimate of drug-likeness (QED) is 0.688. The molecule has 0 spiro atoms. The van der Waals surface area contributed by atoms with E-state index in [1.807, 2.05) is 30.0 Å². The minimum Gasteiger partial charge on any atom is -0.337 e. The van der Waals surface area contributed by atoms with Crippen molar-refractivity contribution in [1.82, 2.24) is 19.0 Å². The molecule has 3 heterocycles. The zero-order chi connectivity index (χ0) is 21.4. The van der Waals surface area contributed by atoms with Gasteiger partial charge in [-0.1, -0.05) is 0 Å². The van der Waals surface area contributed by atoms with Crippen molar-refractivity contribution in [1.29, 1.82) is 0 Å². The SMILES string of the molecule is CSCC(=O)N1CCc2c(cn(C)c(=O)c2C(=O)Nc2ccc3ncn(C)c3c2)C1. The Morgan fingerprint density at radius 1 is 1.23 bits per heavy atom. The van der Waals surface area contributed by atoms with Gasteiger partial charge in [0.25, 0.3) is 11.5 Å². The normalized spacial score (nSPS) is 13.4. The number of nitrogens with zero attached hydrogens (tertiary/aromatic N) is 4. The van der Waals surface area contributed by atoms with Crippen LogP contribution >= 0.6 is 11.8 Å². The van der Waals surface area contributed by atoms with Gasteiger partial charge < -0.3 is 19.4 Å². The van der Waals surface area contributed by atoms with Crippen LogP contribution in [-0.2, 0) is 31.9 Å². The minimum atomic E-state index is -0.433. The predicted molar refractivity (Wildman–Crippen MR) is 118 cm³/mol. The van der Waals surface area contributed by atoms with E-state index in [1.54, 1.807) is 30.5 Å². The fraction of sp³-hybridized carbons (Fsp3) is 0.333. The van der Waals surface area contributed by atoms with Gasteiger partial charge >= 0.3 is 0 Å². The second-order valence-corrected chi connectivity index (χ2v) is 8.30. The molecule has 0 radical (unpaired) electrons. The van der Waals surface area contributed by atoms with Crippen molar-refractivity contribution >= 4 is 40.3 Å². The monoisotopic (exact) mass is 425 g/mol. The molecule has 3 aromatic rings. The number of carbonyl (C=O) groups excluding carboxylic acids is 2. The molecule has 2 aromatic heterocycles. The highest BCUT2D eigenvalue weighted by atomic mass is 32.2. The Balaban J connectivity index is 1.66. The van der Waals surface area contributed by atoms with Crippen molar-refractivity contribution < 1.29 is 9.59 Å². The molecule has 30 heavy (non-hydrogen) atoms. The summed E-state index contributed by atoms with van der Waals surface area (Å²) in [7, 11) is 3.51. The number of pyridine rings is 1. The number of anilines is 1. The zero-order valence-corrected chi connectivity index (χ0v) is 18.0. The molecule has 1 aliphatic heterocycles. The van der Waals surface area contributed by atoms with E-state index in [4.69, 9.17) is 0 Å². The number of aryl methyl sites for hydroxylation is 2. The van der Waals surface area contributed by atoms with Crippen LogP contribution in [0.3, 0.4) is 0 Å². The molecule has 156 valence electrons. The largest absolute Gasteiger partial charge is 0.337 e. The first-order valence-corrected chi connectivity index (χ1v) is 11.0. The summed E-state index contributed by atoms with van der Waals surface area (Å²) in [5, 5.41) is 2.86. The maximum Gasteiger partial charge on any atom is 0.263 e. The molecule has 0 fully saturated rings. The number of amides is 2. The highest BCUT2D eigenvalue weighted by Crippen LogP contribution is 2.23. The number of imidazole rings is 1. The maximum atomic E-state index is 13.1. The molecule has 0 saturated heterocycles. The lowest BCUT2D eigenvalue weighted by atomic mass is 9.96. The smallest absolute Gasteiger partial charge is 0.263 e. The first kappa shape index (κ1) is 20.2. The Morgan fingerprint density at radius 3 is 2.80 bits per heavy atom. The first-order chi connectivity index (χ1) is 14.4. The van der Waals surface area contributed by atoms with E-state index in [2.05, 4.69) is 10.3 Å². The molecular formula is C21H23N5O3S. The summed E-state index contributed by atoms with van der Waals surface area (Å²) in [6, 6.07) is 5.44. The van der Waals surface area contributed by atoms with Crippen LogP contribution in [0.15, 0.2) is 35.5 Å². The van der Waals surface area contributed by atoms with Crippen molar-refractivity contribution in [2.45, 2.75) is 13.0 Å². The summed E-state index contributed by atoms with van der Waals surface area (Å²) < 4.78 is 3.29. The number of benzene rings is 1. The third kappa shape index (κ3) is 3.60. The Labute approximate surface area is 177 Å². The maximum absolute atomic E-state index is 13.1. The lowest BCUT2D eigenvalue weighted by Crippen LogP contribution is -2.40. The molecule has 0 atom stereocenters. The molecule has 0 unspecified atom stereocenters. The van der Waals surface area contributed by atoms with E-state index in [0.717, 1.165) is 22.2 Å². The summed E-state index contributed by atoms with van der Waals surface area (Å²) >= 11 is 1.49. The summed E-state index contributed by atoms with van der Waals surface area (Å²) in [5.41, 5.74) is 3.70. The number of hydrogen-bond acceptors (Lipinski definition) is 5. The lowest BCUT2D eigenvalue weighted by molar-refractivity contribution is -0.129. The molecule has 9 heteroatoms. The van der Waals surface area contributed by atoms with E-state index < -0.39 is 5.91 Å². The zero-order valence-electron chi connectivity index (χ0n) is 17.1. The van der Waals surface area contributed by atoms with Gasteiger partial charge in [-0.05, 0) is 42.0 Å². The number of fused-ring (bicyclic) bond motifs is 2. The molecule has 0 bridgehead atoms. The fourth-order valence-corrected chi connectivity index (χ4v) is 4.28. The summed E-state index contributed by atoms with van der Waals surface area (Å²) in [6.45, 7) is 0.908. The van der Waals surface area contributed by atoms with Gasteiger partial charge in [-0.15, -0.1) is 0 Å². The number of aromatic nitrogens is 3. The van der Waals surface area contributed by atoms with Crippen LogP contribution in [0.5, 0.6) is 0 Å². The van der Waals surface area contributed by atoms with Crippen LogP contribution < -0.4 is 10.9 Å². The fourth-order valence-electron chi connectivity index (χ4n) is 3.85. The van der Waals surface area contributed by atoms with Gasteiger partial charge in [-0.25, -0.2) is 4.98 Å². The van der Waals surface area contributed by atoms with E-state index >= 15 is 0 Å². The van der Waals surface area contributed by atoms with Crippen LogP contribution in [0.1, 0.15) is 21.5 Å². The standard InChI is InChI=1S/C21H23N5O3S/c1-24-9-13-10-26(18(27)11-30-3)7-6-15(13)19(21(24)29)20(28)23-14-4-5-16-17(8-14)25(2)12-22-16/h4-5,8-9,12H,6-7,10-11H2,1-3H3,(H,23,28). The van der Waals surface area contributed by atoms with Crippen LogP contribution in [0, 0.1) is 0 Å². The minimum absolute atomic E-state index is 0.0671. The van der Waals surface area contributed by atoms with Gasteiger partial charge in [0.1, 0.15) is 5.56 Å². The van der Waals surface area contributed by atoms with Gasteiger partial charge in [0.05, 0.1) is 23.1 Å². The molecule has 1 aliphatic rings. The van der Waals surface area contributed by atoms with Gasteiger partial charge in [-0.2, -0.15) is 11.8 Å². The van der Waals surface area contributed by atoms with Crippen LogP contribution in [0.25, 0.3) is 11.0 Å². The number of rotatable bonds is 4. The summed E-state index contributed by atoms with van der Waals surface area (Å²) in [6.07, 6.45) is 5.82. The van der Waals surface area contributed by atoms with Gasteiger partial charge in [-0.3, -0.25) is 14.4 Å².